The molecule has 0 spiro atoms. The number of carboxylic acid groups (broad SMARTS) is 3. The van der Waals surface area contributed by atoms with Crippen molar-refractivity contribution in [1.29, 1.82) is 0 Å². The van der Waals surface area contributed by atoms with Crippen LogP contribution in [0.3, 0.4) is 0 Å². The molecule has 0 saturated heterocycles. The molecular formula is C6H8O8. The highest BCUT2D eigenvalue weighted by molar-refractivity contribution is 6.28. The molecule has 0 aromatic rings. The molecule has 0 amide bonds. The maximum atomic E-state index is 9.92. The summed E-state index contributed by atoms with van der Waals surface area (Å²) in [5.74, 6) is -6.40. The summed E-state index contributed by atoms with van der Waals surface area (Å²) in [5, 5.41) is 22.6. The van der Waals surface area contributed by atoms with Crippen LogP contribution in [-0.4, -0.2) is 45.8 Å². The maximum absolute atomic E-state index is 9.92. The average molecular weight is 208 g/mol. The molecule has 0 fully saturated rings. The third-order valence-corrected chi connectivity index (χ3v) is 0.633. The molecule has 0 aliphatic rings. The SMILES string of the molecule is CCOC(=O)C(=O)O.O=C(O)C(=O)O. The lowest BCUT2D eigenvalue weighted by Crippen LogP contribution is -2.15. The quantitative estimate of drug-likeness (QED) is 0.360. The molecule has 0 aromatic heterocycles. The standard InChI is InChI=1S/C4H6O4.C2H2O4/c1-2-8-4(7)3(5)6;3-1(4)2(5)6/h2H2,1H3,(H,5,6);(H,3,4)(H,5,6). The molecule has 3 N–H and O–H groups in total. The highest BCUT2D eigenvalue weighted by Gasteiger charge is 2.09. The molecule has 0 aromatic carbocycles. The van der Waals surface area contributed by atoms with Gasteiger partial charge >= 0.3 is 23.9 Å². The van der Waals surface area contributed by atoms with Gasteiger partial charge in [0.1, 0.15) is 0 Å². The van der Waals surface area contributed by atoms with Gasteiger partial charge in [-0.3, -0.25) is 0 Å². The Morgan fingerprint density at radius 2 is 1.29 bits per heavy atom. The second kappa shape index (κ2) is 7.53. The summed E-state index contributed by atoms with van der Waals surface area (Å²) in [6.45, 7) is 1.64. The van der Waals surface area contributed by atoms with E-state index in [0.29, 0.717) is 0 Å². The molecule has 0 heterocycles. The van der Waals surface area contributed by atoms with Crippen molar-refractivity contribution < 1.29 is 39.2 Å². The summed E-state index contributed by atoms with van der Waals surface area (Å²) in [7, 11) is 0. The average Bonchev–Trinajstić information content (AvgIpc) is 2.05. The van der Waals surface area contributed by atoms with Crippen LogP contribution in [0.15, 0.2) is 0 Å². The van der Waals surface area contributed by atoms with E-state index in [0.717, 1.165) is 0 Å². The highest BCUT2D eigenvalue weighted by Crippen LogP contribution is 1.74. The van der Waals surface area contributed by atoms with Crippen LogP contribution >= 0.6 is 0 Å². The number of hydrogen-bond donors (Lipinski definition) is 3. The predicted octanol–water partition coefficient (Wildman–Crippen LogP) is -1.21. The summed E-state index contributed by atoms with van der Waals surface area (Å²) in [5.41, 5.74) is 0. The number of rotatable bonds is 1. The van der Waals surface area contributed by atoms with Crippen molar-refractivity contribution in [3.05, 3.63) is 0 Å². The van der Waals surface area contributed by atoms with Gasteiger partial charge in [0.25, 0.3) is 0 Å². The number of carbonyl (C=O) groups excluding carboxylic acids is 1. The molecule has 8 heteroatoms. The fourth-order valence-electron chi connectivity index (χ4n) is 0.193. The first-order chi connectivity index (χ1) is 6.32. The number of carboxylic acids is 3. The van der Waals surface area contributed by atoms with Gasteiger partial charge in [0.2, 0.25) is 0 Å². The zero-order valence-electron chi connectivity index (χ0n) is 7.09. The first-order valence-corrected chi connectivity index (χ1v) is 3.19. The van der Waals surface area contributed by atoms with Crippen LogP contribution in [0.1, 0.15) is 6.92 Å². The minimum atomic E-state index is -1.82. The molecule has 8 nitrogen and oxygen atoms in total. The molecule has 0 saturated carbocycles. The van der Waals surface area contributed by atoms with Gasteiger partial charge in [-0.05, 0) is 6.92 Å². The second-order valence-corrected chi connectivity index (χ2v) is 1.64. The van der Waals surface area contributed by atoms with E-state index in [1.165, 1.54) is 0 Å². The largest absolute Gasteiger partial charge is 0.473 e. The van der Waals surface area contributed by atoms with Gasteiger partial charge in [-0.2, -0.15) is 0 Å². The molecule has 0 aliphatic carbocycles. The zero-order valence-corrected chi connectivity index (χ0v) is 7.09. The molecular weight excluding hydrogens is 200 g/mol. The third kappa shape index (κ3) is 9.88. The zero-order chi connectivity index (χ0) is 11.7. The summed E-state index contributed by atoms with van der Waals surface area (Å²) in [4.78, 5) is 37.7. The molecule has 0 unspecified atom stereocenters. The monoisotopic (exact) mass is 208 g/mol. The van der Waals surface area contributed by atoms with Crippen molar-refractivity contribution >= 4 is 23.9 Å². The van der Waals surface area contributed by atoms with Crippen LogP contribution < -0.4 is 0 Å². The second-order valence-electron chi connectivity index (χ2n) is 1.64. The van der Waals surface area contributed by atoms with Gasteiger partial charge < -0.3 is 20.1 Å². The van der Waals surface area contributed by atoms with E-state index in [1.807, 2.05) is 0 Å². The van der Waals surface area contributed by atoms with Crippen LogP contribution in [0, 0.1) is 0 Å². The van der Waals surface area contributed by atoms with Gasteiger partial charge in [0.05, 0.1) is 6.61 Å². The van der Waals surface area contributed by atoms with E-state index in [4.69, 9.17) is 24.9 Å². The lowest BCUT2D eigenvalue weighted by molar-refractivity contribution is -0.163. The molecule has 0 radical (unpaired) electrons. The Morgan fingerprint density at radius 1 is 0.929 bits per heavy atom. The third-order valence-electron chi connectivity index (χ3n) is 0.633. The van der Waals surface area contributed by atoms with Crippen LogP contribution in [-0.2, 0) is 23.9 Å². The first-order valence-electron chi connectivity index (χ1n) is 3.19. The molecule has 0 atom stereocenters. The molecule has 0 aliphatic heterocycles. The summed E-state index contributed by atoms with van der Waals surface area (Å²) < 4.78 is 4.06. The topological polar surface area (TPSA) is 138 Å². The maximum Gasteiger partial charge on any atom is 0.417 e. The number of esters is 1. The Balaban J connectivity index is 0. The lowest BCUT2D eigenvalue weighted by atomic mass is 10.7. The van der Waals surface area contributed by atoms with Gasteiger partial charge in [0.15, 0.2) is 0 Å². The van der Waals surface area contributed by atoms with Gasteiger partial charge in [-0.1, -0.05) is 0 Å². The van der Waals surface area contributed by atoms with Crippen molar-refractivity contribution in [1.82, 2.24) is 0 Å². The van der Waals surface area contributed by atoms with E-state index in [2.05, 4.69) is 4.74 Å². The Labute approximate surface area is 77.7 Å². The van der Waals surface area contributed by atoms with Crippen molar-refractivity contribution in [2.75, 3.05) is 6.61 Å². The van der Waals surface area contributed by atoms with Crippen molar-refractivity contribution in [3.63, 3.8) is 0 Å². The van der Waals surface area contributed by atoms with Crippen molar-refractivity contribution in [3.8, 4) is 0 Å². The Kier molecular flexibility index (Phi) is 7.74. The van der Waals surface area contributed by atoms with E-state index >= 15 is 0 Å². The number of ether oxygens (including phenoxy) is 1. The first kappa shape index (κ1) is 14.4. The number of carbonyl (C=O) groups is 4. The summed E-state index contributed by atoms with van der Waals surface area (Å²) in [6.07, 6.45) is 0. The minimum Gasteiger partial charge on any atom is -0.473 e. The number of aliphatic carboxylic acids is 3. The molecule has 0 bridgehead atoms. The van der Waals surface area contributed by atoms with Crippen molar-refractivity contribution in [2.45, 2.75) is 6.92 Å². The summed E-state index contributed by atoms with van der Waals surface area (Å²) in [6, 6.07) is 0. The smallest absolute Gasteiger partial charge is 0.417 e. The van der Waals surface area contributed by atoms with Crippen molar-refractivity contribution in [2.24, 2.45) is 0 Å². The van der Waals surface area contributed by atoms with Gasteiger partial charge in [0, 0.05) is 0 Å². The minimum absolute atomic E-state index is 0.102. The van der Waals surface area contributed by atoms with Crippen LogP contribution in [0.5, 0.6) is 0 Å². The fraction of sp³-hybridized carbons (Fsp3) is 0.333. The van der Waals surface area contributed by atoms with Crippen LogP contribution in [0.2, 0.25) is 0 Å². The van der Waals surface area contributed by atoms with Crippen LogP contribution in [0.25, 0.3) is 0 Å². The molecule has 0 rings (SSSR count). The van der Waals surface area contributed by atoms with E-state index in [9.17, 15) is 9.59 Å². The van der Waals surface area contributed by atoms with Crippen LogP contribution in [0.4, 0.5) is 0 Å². The van der Waals surface area contributed by atoms with Gasteiger partial charge in [-0.15, -0.1) is 0 Å². The Hall–Kier alpha value is -2.12. The fourth-order valence-corrected chi connectivity index (χ4v) is 0.193. The molecule has 80 valence electrons. The highest BCUT2D eigenvalue weighted by atomic mass is 16.6. The van der Waals surface area contributed by atoms with E-state index < -0.39 is 23.9 Å². The summed E-state index contributed by atoms with van der Waals surface area (Å²) >= 11 is 0. The van der Waals surface area contributed by atoms with E-state index in [1.54, 1.807) is 6.92 Å². The van der Waals surface area contributed by atoms with Gasteiger partial charge in [-0.25, -0.2) is 19.2 Å². The predicted molar refractivity (Wildman–Crippen MR) is 39.5 cm³/mol. The lowest BCUT2D eigenvalue weighted by Gasteiger charge is -1.91. The van der Waals surface area contributed by atoms with E-state index in [-0.39, 0.29) is 6.61 Å². The number of hydrogen-bond acceptors (Lipinski definition) is 5. The Morgan fingerprint density at radius 3 is 1.36 bits per heavy atom. The normalized spacial score (nSPS) is 7.79. The molecule has 14 heavy (non-hydrogen) atoms. The Bertz CT molecular complexity index is 230.